The van der Waals surface area contributed by atoms with Crippen LogP contribution in [0.4, 0.5) is 19.3 Å². The third-order valence-corrected chi connectivity index (χ3v) is 6.43. The van der Waals surface area contributed by atoms with Crippen LogP contribution in [0.1, 0.15) is 31.2 Å². The summed E-state index contributed by atoms with van der Waals surface area (Å²) in [6, 6.07) is 13.0. The standard InChI is InChI=1S/C24H29F2N3O/c25-20-5-2-17(3-6-20)14-19-15-18-4-11-23(19)29(16-18)13-1-12-27-24(30)28-22-9-7-21(26)8-10-22/h2-3,5-10,18-19,23H,1,4,11-16H2,(H2,27,28,30)/t18-,19+,23+/m0/s1. The maximum atomic E-state index is 13.2. The van der Waals surface area contributed by atoms with Gasteiger partial charge < -0.3 is 10.6 Å². The summed E-state index contributed by atoms with van der Waals surface area (Å²) < 4.78 is 26.1. The molecule has 0 aromatic heterocycles. The molecule has 30 heavy (non-hydrogen) atoms. The van der Waals surface area contributed by atoms with Crippen molar-refractivity contribution < 1.29 is 13.6 Å². The zero-order valence-corrected chi connectivity index (χ0v) is 17.1. The molecule has 5 rings (SSSR count). The van der Waals surface area contributed by atoms with Crippen molar-refractivity contribution in [1.82, 2.24) is 10.2 Å². The normalized spacial score (nSPS) is 23.3. The number of halogens is 2. The monoisotopic (exact) mass is 413 g/mol. The molecule has 2 N–H and O–H groups in total. The van der Waals surface area contributed by atoms with Gasteiger partial charge in [-0.3, -0.25) is 4.90 Å². The smallest absolute Gasteiger partial charge is 0.319 e. The summed E-state index contributed by atoms with van der Waals surface area (Å²) in [6.07, 6.45) is 5.70. The summed E-state index contributed by atoms with van der Waals surface area (Å²) in [5, 5.41) is 5.60. The number of fused-ring (bicyclic) bond motifs is 3. The van der Waals surface area contributed by atoms with E-state index in [9.17, 15) is 13.6 Å². The molecule has 0 radical (unpaired) electrons. The summed E-state index contributed by atoms with van der Waals surface area (Å²) in [5.74, 6) is 0.865. The number of amides is 2. The highest BCUT2D eigenvalue weighted by Gasteiger charge is 2.40. The zero-order valence-electron chi connectivity index (χ0n) is 17.1. The predicted molar refractivity (Wildman–Crippen MR) is 114 cm³/mol. The maximum absolute atomic E-state index is 13.2. The van der Waals surface area contributed by atoms with Gasteiger partial charge in [-0.2, -0.15) is 0 Å². The van der Waals surface area contributed by atoms with Crippen LogP contribution in [-0.4, -0.2) is 36.6 Å². The summed E-state index contributed by atoms with van der Waals surface area (Å²) in [7, 11) is 0. The van der Waals surface area contributed by atoms with E-state index < -0.39 is 0 Å². The van der Waals surface area contributed by atoms with E-state index in [-0.39, 0.29) is 17.7 Å². The molecule has 6 heteroatoms. The second-order valence-corrected chi connectivity index (χ2v) is 8.57. The third-order valence-electron chi connectivity index (χ3n) is 6.43. The molecule has 2 heterocycles. The van der Waals surface area contributed by atoms with Gasteiger partial charge in [-0.25, -0.2) is 13.6 Å². The number of piperidine rings is 2. The van der Waals surface area contributed by atoms with Gasteiger partial charge in [-0.05, 0) is 85.9 Å². The Morgan fingerprint density at radius 1 is 1.00 bits per heavy atom. The molecule has 2 bridgehead atoms. The van der Waals surface area contributed by atoms with E-state index in [0.717, 1.165) is 31.8 Å². The van der Waals surface area contributed by atoms with Crippen molar-refractivity contribution in [3.8, 4) is 0 Å². The van der Waals surface area contributed by atoms with Crippen LogP contribution in [0.5, 0.6) is 0 Å². The third kappa shape index (κ3) is 5.36. The second-order valence-electron chi connectivity index (χ2n) is 8.57. The molecule has 4 nitrogen and oxygen atoms in total. The van der Waals surface area contributed by atoms with Crippen LogP contribution < -0.4 is 10.6 Å². The highest BCUT2D eigenvalue weighted by molar-refractivity contribution is 5.89. The van der Waals surface area contributed by atoms with Gasteiger partial charge >= 0.3 is 6.03 Å². The maximum Gasteiger partial charge on any atom is 0.319 e. The fourth-order valence-electron chi connectivity index (χ4n) is 5.05. The first kappa shape index (κ1) is 20.8. The predicted octanol–water partition coefficient (Wildman–Crippen LogP) is 4.82. The number of urea groups is 1. The van der Waals surface area contributed by atoms with Gasteiger partial charge in [0.1, 0.15) is 11.6 Å². The SMILES string of the molecule is O=C(NCCCN1C[C@H]2CC[C@@H]1[C@H](Cc1ccc(F)cc1)C2)Nc1ccc(F)cc1. The quantitative estimate of drug-likeness (QED) is 0.639. The van der Waals surface area contributed by atoms with Crippen molar-refractivity contribution in [2.75, 3.05) is 25.0 Å². The Bertz CT molecular complexity index is 841. The van der Waals surface area contributed by atoms with E-state index in [1.165, 1.54) is 37.0 Å². The van der Waals surface area contributed by atoms with Gasteiger partial charge in [0.15, 0.2) is 0 Å². The number of rotatable bonds is 7. The lowest BCUT2D eigenvalue weighted by atomic mass is 9.70. The highest BCUT2D eigenvalue weighted by Crippen LogP contribution is 2.40. The van der Waals surface area contributed by atoms with E-state index in [4.69, 9.17) is 0 Å². The lowest BCUT2D eigenvalue weighted by Crippen LogP contribution is -2.54. The number of hydrogen-bond donors (Lipinski definition) is 2. The van der Waals surface area contributed by atoms with E-state index in [0.29, 0.717) is 24.2 Å². The summed E-state index contributed by atoms with van der Waals surface area (Å²) in [6.45, 7) is 2.72. The van der Waals surface area contributed by atoms with Crippen LogP contribution in [0.3, 0.4) is 0 Å². The van der Waals surface area contributed by atoms with Crippen LogP contribution in [0.25, 0.3) is 0 Å². The van der Waals surface area contributed by atoms with Crippen molar-refractivity contribution in [2.24, 2.45) is 11.8 Å². The van der Waals surface area contributed by atoms with Crippen LogP contribution in [-0.2, 0) is 6.42 Å². The molecule has 1 aliphatic carbocycles. The average molecular weight is 414 g/mol. The molecule has 2 aromatic rings. The first-order valence-corrected chi connectivity index (χ1v) is 10.9. The lowest BCUT2D eigenvalue weighted by molar-refractivity contribution is 0.000976. The van der Waals surface area contributed by atoms with Crippen molar-refractivity contribution in [1.29, 1.82) is 0 Å². The molecular formula is C24H29F2N3O. The number of hydrogen-bond acceptors (Lipinski definition) is 2. The van der Waals surface area contributed by atoms with Crippen molar-refractivity contribution in [2.45, 2.75) is 38.1 Å². The Balaban J connectivity index is 1.22. The highest BCUT2D eigenvalue weighted by atomic mass is 19.1. The van der Waals surface area contributed by atoms with Gasteiger partial charge in [0.05, 0.1) is 0 Å². The Morgan fingerprint density at radius 2 is 1.70 bits per heavy atom. The number of carbonyl (C=O) groups excluding carboxylic acids is 1. The minimum Gasteiger partial charge on any atom is -0.338 e. The molecule has 3 aliphatic rings. The first-order valence-electron chi connectivity index (χ1n) is 10.9. The summed E-state index contributed by atoms with van der Waals surface area (Å²) in [4.78, 5) is 14.6. The number of nitrogens with zero attached hydrogens (tertiary/aromatic N) is 1. The first-order chi connectivity index (χ1) is 14.6. The van der Waals surface area contributed by atoms with Gasteiger partial charge in [-0.1, -0.05) is 12.1 Å². The van der Waals surface area contributed by atoms with Gasteiger partial charge in [0.25, 0.3) is 0 Å². The van der Waals surface area contributed by atoms with Crippen molar-refractivity contribution >= 4 is 11.7 Å². The topological polar surface area (TPSA) is 44.4 Å². The largest absolute Gasteiger partial charge is 0.338 e. The molecule has 2 aromatic carbocycles. The summed E-state index contributed by atoms with van der Waals surface area (Å²) in [5.41, 5.74) is 1.79. The van der Waals surface area contributed by atoms with Crippen LogP contribution >= 0.6 is 0 Å². The lowest BCUT2D eigenvalue weighted by Gasteiger charge is -2.50. The Labute approximate surface area is 176 Å². The van der Waals surface area contributed by atoms with Crippen LogP contribution in [0.2, 0.25) is 0 Å². The van der Waals surface area contributed by atoms with Crippen molar-refractivity contribution in [3.05, 3.63) is 65.7 Å². The van der Waals surface area contributed by atoms with E-state index in [2.05, 4.69) is 15.5 Å². The Morgan fingerprint density at radius 3 is 2.40 bits per heavy atom. The number of anilines is 1. The van der Waals surface area contributed by atoms with E-state index in [1.807, 2.05) is 12.1 Å². The van der Waals surface area contributed by atoms with E-state index >= 15 is 0 Å². The summed E-state index contributed by atoms with van der Waals surface area (Å²) >= 11 is 0. The van der Waals surface area contributed by atoms with Gasteiger partial charge in [0.2, 0.25) is 0 Å². The molecule has 2 amide bonds. The minimum absolute atomic E-state index is 0.179. The average Bonchev–Trinajstić information content (AvgIpc) is 2.75. The molecular weight excluding hydrogens is 384 g/mol. The Kier molecular flexibility index (Phi) is 6.62. The van der Waals surface area contributed by atoms with Gasteiger partial charge in [0, 0.05) is 31.4 Å². The number of benzene rings is 2. The van der Waals surface area contributed by atoms with Crippen LogP contribution in [0.15, 0.2) is 48.5 Å². The number of nitrogens with one attached hydrogen (secondary N) is 2. The van der Waals surface area contributed by atoms with Crippen LogP contribution in [0, 0.1) is 23.5 Å². The second kappa shape index (κ2) is 9.56. The Hall–Kier alpha value is -2.47. The molecule has 2 aliphatic heterocycles. The molecule has 2 saturated heterocycles. The fraction of sp³-hybridized carbons (Fsp3) is 0.458. The molecule has 0 spiro atoms. The molecule has 0 unspecified atom stereocenters. The fourth-order valence-corrected chi connectivity index (χ4v) is 5.05. The molecule has 160 valence electrons. The van der Waals surface area contributed by atoms with E-state index in [1.54, 1.807) is 24.3 Å². The van der Waals surface area contributed by atoms with Gasteiger partial charge in [-0.15, -0.1) is 0 Å². The number of carbonyl (C=O) groups is 1. The van der Waals surface area contributed by atoms with Crippen molar-refractivity contribution in [3.63, 3.8) is 0 Å². The zero-order chi connectivity index (χ0) is 20.9. The minimum atomic E-state index is -0.325. The molecule has 1 saturated carbocycles. The molecule has 3 atom stereocenters. The molecule has 3 fully saturated rings.